The van der Waals surface area contributed by atoms with Crippen LogP contribution in [-0.2, 0) is 10.0 Å². The minimum Gasteiger partial charge on any atom is -0.411 e. The SMILES string of the molecule is Cc1cccc(C)c1NS(=O)(=O)c1cc(-c2nnc(C(=O)N3CCCC3)o2)sc1C. The predicted molar refractivity (Wildman–Crippen MR) is 114 cm³/mol. The van der Waals surface area contributed by atoms with E-state index in [1.807, 2.05) is 32.0 Å². The van der Waals surface area contributed by atoms with Crippen molar-refractivity contribution in [3.63, 3.8) is 0 Å². The maximum atomic E-state index is 13.0. The van der Waals surface area contributed by atoms with Crippen molar-refractivity contribution in [2.24, 2.45) is 0 Å². The number of amides is 1. The van der Waals surface area contributed by atoms with Crippen LogP contribution in [0.1, 0.15) is 39.5 Å². The van der Waals surface area contributed by atoms with E-state index in [0.29, 0.717) is 28.5 Å². The third-order valence-electron chi connectivity index (χ3n) is 5.09. The molecule has 4 rings (SSSR count). The van der Waals surface area contributed by atoms with E-state index in [4.69, 9.17) is 4.42 Å². The van der Waals surface area contributed by atoms with Crippen molar-refractivity contribution in [2.45, 2.75) is 38.5 Å². The van der Waals surface area contributed by atoms with Crippen molar-refractivity contribution in [2.75, 3.05) is 17.8 Å². The first-order valence-electron chi connectivity index (χ1n) is 9.59. The molecular formula is C20H22N4O4S2. The molecule has 3 heterocycles. The van der Waals surface area contributed by atoms with Gasteiger partial charge in [-0.05, 0) is 50.8 Å². The number of para-hydroxylation sites is 1. The number of hydrogen-bond donors (Lipinski definition) is 1. The molecule has 0 saturated carbocycles. The quantitative estimate of drug-likeness (QED) is 0.640. The molecule has 158 valence electrons. The number of benzene rings is 1. The van der Waals surface area contributed by atoms with Gasteiger partial charge in [0.05, 0.1) is 10.6 Å². The Labute approximate surface area is 179 Å². The molecule has 1 fully saturated rings. The molecular weight excluding hydrogens is 424 g/mol. The summed E-state index contributed by atoms with van der Waals surface area (Å²) in [5.74, 6) is -0.223. The van der Waals surface area contributed by atoms with Crippen molar-refractivity contribution < 1.29 is 17.6 Å². The highest BCUT2D eigenvalue weighted by molar-refractivity contribution is 7.93. The Balaban J connectivity index is 1.61. The lowest BCUT2D eigenvalue weighted by atomic mass is 10.1. The molecule has 30 heavy (non-hydrogen) atoms. The predicted octanol–water partition coefficient (Wildman–Crippen LogP) is 3.76. The lowest BCUT2D eigenvalue weighted by molar-refractivity contribution is 0.0754. The van der Waals surface area contributed by atoms with Gasteiger partial charge in [-0.25, -0.2) is 8.42 Å². The van der Waals surface area contributed by atoms with Gasteiger partial charge in [0.1, 0.15) is 4.90 Å². The third-order valence-corrected chi connectivity index (χ3v) is 7.73. The molecule has 2 aromatic heterocycles. The van der Waals surface area contributed by atoms with Gasteiger partial charge in [0.25, 0.3) is 15.9 Å². The maximum absolute atomic E-state index is 13.0. The van der Waals surface area contributed by atoms with Gasteiger partial charge in [0, 0.05) is 18.0 Å². The summed E-state index contributed by atoms with van der Waals surface area (Å²) in [5.41, 5.74) is 2.25. The van der Waals surface area contributed by atoms with Gasteiger partial charge in [-0.15, -0.1) is 21.5 Å². The van der Waals surface area contributed by atoms with Crippen molar-refractivity contribution in [3.05, 3.63) is 46.2 Å². The number of sulfonamides is 1. The van der Waals surface area contributed by atoms with Gasteiger partial charge >= 0.3 is 11.8 Å². The van der Waals surface area contributed by atoms with E-state index in [-0.39, 0.29) is 22.6 Å². The largest absolute Gasteiger partial charge is 0.411 e. The monoisotopic (exact) mass is 446 g/mol. The number of hydrogen-bond acceptors (Lipinski definition) is 7. The normalized spacial score (nSPS) is 14.3. The minimum atomic E-state index is -3.80. The Morgan fingerprint density at radius 2 is 1.80 bits per heavy atom. The van der Waals surface area contributed by atoms with Gasteiger partial charge in [0.15, 0.2) is 0 Å². The molecule has 1 aromatic carbocycles. The van der Waals surface area contributed by atoms with Crippen LogP contribution in [0.2, 0.25) is 0 Å². The second kappa shape index (κ2) is 7.84. The average Bonchev–Trinajstić information content (AvgIpc) is 3.44. The van der Waals surface area contributed by atoms with Gasteiger partial charge in [0.2, 0.25) is 0 Å². The average molecular weight is 447 g/mol. The summed E-state index contributed by atoms with van der Waals surface area (Å²) in [4.78, 5) is 15.3. The molecule has 1 saturated heterocycles. The van der Waals surface area contributed by atoms with Crippen LogP contribution in [0, 0.1) is 20.8 Å². The molecule has 0 spiro atoms. The number of aromatic nitrogens is 2. The highest BCUT2D eigenvalue weighted by Crippen LogP contribution is 2.34. The Kier molecular flexibility index (Phi) is 5.37. The van der Waals surface area contributed by atoms with E-state index in [1.165, 1.54) is 17.4 Å². The Morgan fingerprint density at radius 1 is 1.13 bits per heavy atom. The molecule has 1 aliphatic heterocycles. The fourth-order valence-corrected chi connectivity index (χ4v) is 6.18. The minimum absolute atomic E-state index is 0.0731. The first-order chi connectivity index (χ1) is 14.3. The van der Waals surface area contributed by atoms with Crippen molar-refractivity contribution in [1.82, 2.24) is 15.1 Å². The summed E-state index contributed by atoms with van der Waals surface area (Å²) in [6.45, 7) is 6.80. The van der Waals surface area contributed by atoms with E-state index >= 15 is 0 Å². The van der Waals surface area contributed by atoms with Crippen LogP contribution < -0.4 is 4.72 Å². The van der Waals surface area contributed by atoms with Crippen LogP contribution in [-0.4, -0.2) is 42.5 Å². The second-order valence-electron chi connectivity index (χ2n) is 7.32. The van der Waals surface area contributed by atoms with Crippen LogP contribution in [0.15, 0.2) is 33.6 Å². The lowest BCUT2D eigenvalue weighted by Crippen LogP contribution is -2.27. The van der Waals surface area contributed by atoms with Crippen molar-refractivity contribution >= 4 is 33.0 Å². The Bertz CT molecular complexity index is 1190. The lowest BCUT2D eigenvalue weighted by Gasteiger charge is -2.12. The number of anilines is 1. The number of aryl methyl sites for hydroxylation is 3. The molecule has 0 atom stereocenters. The topological polar surface area (TPSA) is 105 Å². The number of likely N-dealkylation sites (tertiary alicyclic amines) is 1. The summed E-state index contributed by atoms with van der Waals surface area (Å²) in [6.07, 6.45) is 1.93. The fraction of sp³-hybridized carbons (Fsp3) is 0.350. The fourth-order valence-electron chi connectivity index (χ4n) is 3.47. The highest BCUT2D eigenvalue weighted by atomic mass is 32.2. The molecule has 1 amide bonds. The summed E-state index contributed by atoms with van der Waals surface area (Å²) < 4.78 is 34.3. The summed E-state index contributed by atoms with van der Waals surface area (Å²) >= 11 is 1.23. The standard InChI is InChI=1S/C20H22N4O4S2/c1-12-7-6-8-13(2)17(12)23-30(26,27)16-11-15(29-14(16)3)18-21-22-19(28-18)20(25)24-9-4-5-10-24/h6-8,11,23H,4-5,9-10H2,1-3H3. The molecule has 0 aliphatic carbocycles. The van der Waals surface area contributed by atoms with Gasteiger partial charge in [-0.3, -0.25) is 9.52 Å². The number of carbonyl (C=O) groups excluding carboxylic acids is 1. The zero-order valence-corrected chi connectivity index (χ0v) is 18.6. The third kappa shape index (κ3) is 3.84. The van der Waals surface area contributed by atoms with E-state index in [2.05, 4.69) is 14.9 Å². The number of nitrogens with one attached hydrogen (secondary N) is 1. The van der Waals surface area contributed by atoms with Crippen molar-refractivity contribution in [3.8, 4) is 10.8 Å². The maximum Gasteiger partial charge on any atom is 0.311 e. The molecule has 10 heteroatoms. The summed E-state index contributed by atoms with van der Waals surface area (Å²) in [6, 6.07) is 7.10. The summed E-state index contributed by atoms with van der Waals surface area (Å²) in [7, 11) is -3.80. The molecule has 0 unspecified atom stereocenters. The van der Waals surface area contributed by atoms with Crippen LogP contribution in [0.3, 0.4) is 0 Å². The Morgan fingerprint density at radius 3 is 2.47 bits per heavy atom. The van der Waals surface area contributed by atoms with Gasteiger partial charge in [-0.1, -0.05) is 18.2 Å². The van der Waals surface area contributed by atoms with Crippen LogP contribution >= 0.6 is 11.3 Å². The van der Waals surface area contributed by atoms with Gasteiger partial charge < -0.3 is 9.32 Å². The molecule has 1 aliphatic rings. The molecule has 0 bridgehead atoms. The number of rotatable bonds is 5. The zero-order valence-electron chi connectivity index (χ0n) is 16.9. The molecule has 1 N–H and O–H groups in total. The number of nitrogens with zero attached hydrogens (tertiary/aromatic N) is 3. The molecule has 3 aromatic rings. The molecule has 0 radical (unpaired) electrons. The smallest absolute Gasteiger partial charge is 0.311 e. The number of thiophene rings is 1. The summed E-state index contributed by atoms with van der Waals surface area (Å²) in [5, 5.41) is 7.82. The van der Waals surface area contributed by atoms with Crippen LogP contribution in [0.5, 0.6) is 0 Å². The number of carbonyl (C=O) groups is 1. The second-order valence-corrected chi connectivity index (χ2v) is 10.2. The highest BCUT2D eigenvalue weighted by Gasteiger charge is 2.27. The van der Waals surface area contributed by atoms with Crippen LogP contribution in [0.4, 0.5) is 5.69 Å². The van der Waals surface area contributed by atoms with E-state index in [9.17, 15) is 13.2 Å². The van der Waals surface area contributed by atoms with E-state index < -0.39 is 10.0 Å². The first kappa shape index (κ1) is 20.5. The first-order valence-corrected chi connectivity index (χ1v) is 11.9. The van der Waals surface area contributed by atoms with Crippen molar-refractivity contribution in [1.29, 1.82) is 0 Å². The zero-order chi connectivity index (χ0) is 21.5. The van der Waals surface area contributed by atoms with Gasteiger partial charge in [-0.2, -0.15) is 0 Å². The Hall–Kier alpha value is -2.72. The van der Waals surface area contributed by atoms with E-state index in [0.717, 1.165) is 24.0 Å². The molecule has 8 nitrogen and oxygen atoms in total. The van der Waals surface area contributed by atoms with E-state index in [1.54, 1.807) is 11.8 Å². The van der Waals surface area contributed by atoms with Crippen LogP contribution in [0.25, 0.3) is 10.8 Å².